The number of hydrogen-bond acceptors (Lipinski definition) is 4. The number of aromatic nitrogens is 1. The smallest absolute Gasteiger partial charge is 0.336 e. The zero-order valence-electron chi connectivity index (χ0n) is 14.9. The van der Waals surface area contributed by atoms with E-state index in [4.69, 9.17) is 0 Å². The summed E-state index contributed by atoms with van der Waals surface area (Å²) >= 11 is 0. The molecule has 1 fully saturated rings. The maximum absolute atomic E-state index is 12.4. The Balaban J connectivity index is 1.70. The molecule has 6 heteroatoms. The second-order valence-corrected chi connectivity index (χ2v) is 6.60. The van der Waals surface area contributed by atoms with E-state index in [9.17, 15) is 14.7 Å². The van der Waals surface area contributed by atoms with Gasteiger partial charge in [0.15, 0.2) is 0 Å². The number of hydrogen-bond donors (Lipinski definition) is 2. The van der Waals surface area contributed by atoms with Crippen LogP contribution in [-0.4, -0.2) is 35.1 Å². The fourth-order valence-corrected chi connectivity index (χ4v) is 3.14. The molecular weight excluding hydrogens is 330 g/mol. The molecule has 1 aliphatic rings. The van der Waals surface area contributed by atoms with Crippen molar-refractivity contribution in [3.8, 4) is 0 Å². The number of nitrogens with one attached hydrogen (secondary N) is 1. The standard InChI is InChI=1S/C20H23N3O3/c1-14-6-8-16(12-17(14)20(25)26)22-19(24)15-7-9-18(21-13-15)23-10-4-2-3-5-11-23/h6-9,12-13H,2-5,10-11H2,1H3,(H,22,24)(H,25,26). The van der Waals surface area contributed by atoms with E-state index < -0.39 is 5.97 Å². The topological polar surface area (TPSA) is 82.5 Å². The van der Waals surface area contributed by atoms with E-state index in [1.165, 1.54) is 31.7 Å². The molecule has 0 radical (unpaired) electrons. The van der Waals surface area contributed by atoms with Gasteiger partial charge in [0.2, 0.25) is 0 Å². The molecule has 2 heterocycles. The lowest BCUT2D eigenvalue weighted by atomic mass is 10.1. The number of amides is 1. The first-order valence-corrected chi connectivity index (χ1v) is 8.91. The van der Waals surface area contributed by atoms with Gasteiger partial charge in [0, 0.05) is 25.0 Å². The van der Waals surface area contributed by atoms with Gasteiger partial charge in [0.05, 0.1) is 11.1 Å². The summed E-state index contributed by atoms with van der Waals surface area (Å²) in [5, 5.41) is 11.9. The van der Waals surface area contributed by atoms with Gasteiger partial charge in [0.25, 0.3) is 5.91 Å². The van der Waals surface area contributed by atoms with E-state index in [1.54, 1.807) is 31.3 Å². The van der Waals surface area contributed by atoms with Crippen molar-refractivity contribution < 1.29 is 14.7 Å². The van der Waals surface area contributed by atoms with Crippen molar-refractivity contribution in [1.29, 1.82) is 0 Å². The number of pyridine rings is 1. The highest BCUT2D eigenvalue weighted by atomic mass is 16.4. The van der Waals surface area contributed by atoms with E-state index in [2.05, 4.69) is 15.2 Å². The van der Waals surface area contributed by atoms with Crippen molar-refractivity contribution in [2.45, 2.75) is 32.6 Å². The Morgan fingerprint density at radius 2 is 1.81 bits per heavy atom. The Kier molecular flexibility index (Phi) is 5.51. The van der Waals surface area contributed by atoms with Crippen molar-refractivity contribution in [3.63, 3.8) is 0 Å². The number of carbonyl (C=O) groups is 2. The quantitative estimate of drug-likeness (QED) is 0.875. The lowest BCUT2D eigenvalue weighted by Gasteiger charge is -2.21. The van der Waals surface area contributed by atoms with Crippen LogP contribution in [0.4, 0.5) is 11.5 Å². The summed E-state index contributed by atoms with van der Waals surface area (Å²) in [5.41, 5.74) is 1.73. The van der Waals surface area contributed by atoms with Crippen LogP contribution in [0.5, 0.6) is 0 Å². The third-order valence-corrected chi connectivity index (χ3v) is 4.67. The van der Waals surface area contributed by atoms with Crippen LogP contribution < -0.4 is 10.2 Å². The van der Waals surface area contributed by atoms with Gasteiger partial charge in [-0.3, -0.25) is 4.79 Å². The number of aryl methyl sites for hydroxylation is 1. The SMILES string of the molecule is Cc1ccc(NC(=O)c2ccc(N3CCCCCC3)nc2)cc1C(=O)O. The van der Waals surface area contributed by atoms with Gasteiger partial charge in [-0.1, -0.05) is 18.9 Å². The van der Waals surface area contributed by atoms with Crippen LogP contribution in [0.2, 0.25) is 0 Å². The van der Waals surface area contributed by atoms with Gasteiger partial charge < -0.3 is 15.3 Å². The monoisotopic (exact) mass is 353 g/mol. The first-order valence-electron chi connectivity index (χ1n) is 8.91. The average Bonchev–Trinajstić information content (AvgIpc) is 2.92. The molecule has 26 heavy (non-hydrogen) atoms. The molecular formula is C20H23N3O3. The Morgan fingerprint density at radius 3 is 2.42 bits per heavy atom. The number of benzene rings is 1. The van der Waals surface area contributed by atoms with Crippen LogP contribution in [0.25, 0.3) is 0 Å². The molecule has 1 aromatic heterocycles. The molecule has 6 nitrogen and oxygen atoms in total. The van der Waals surface area contributed by atoms with Gasteiger partial charge in [-0.05, 0) is 49.6 Å². The molecule has 3 rings (SSSR count). The van der Waals surface area contributed by atoms with E-state index in [1.807, 2.05) is 6.07 Å². The molecule has 136 valence electrons. The van der Waals surface area contributed by atoms with Gasteiger partial charge in [-0.25, -0.2) is 9.78 Å². The minimum Gasteiger partial charge on any atom is -0.478 e. The van der Waals surface area contributed by atoms with Crippen LogP contribution >= 0.6 is 0 Å². The molecule has 2 aromatic rings. The fourth-order valence-electron chi connectivity index (χ4n) is 3.14. The second-order valence-electron chi connectivity index (χ2n) is 6.60. The fraction of sp³-hybridized carbons (Fsp3) is 0.350. The van der Waals surface area contributed by atoms with Crippen LogP contribution in [0.3, 0.4) is 0 Å². The average molecular weight is 353 g/mol. The number of anilines is 2. The van der Waals surface area contributed by atoms with Crippen molar-refractivity contribution in [1.82, 2.24) is 4.98 Å². The molecule has 2 N–H and O–H groups in total. The highest BCUT2D eigenvalue weighted by molar-refractivity contribution is 6.04. The van der Waals surface area contributed by atoms with Crippen LogP contribution in [0, 0.1) is 6.92 Å². The number of aromatic carboxylic acids is 1. The van der Waals surface area contributed by atoms with Crippen LogP contribution in [-0.2, 0) is 0 Å². The molecule has 0 unspecified atom stereocenters. The Morgan fingerprint density at radius 1 is 1.08 bits per heavy atom. The molecule has 0 spiro atoms. The summed E-state index contributed by atoms with van der Waals surface area (Å²) in [7, 11) is 0. The van der Waals surface area contributed by atoms with Crippen molar-refractivity contribution in [2.24, 2.45) is 0 Å². The maximum Gasteiger partial charge on any atom is 0.336 e. The zero-order valence-corrected chi connectivity index (χ0v) is 14.9. The maximum atomic E-state index is 12.4. The Labute approximate surface area is 152 Å². The largest absolute Gasteiger partial charge is 0.478 e. The van der Waals surface area contributed by atoms with Gasteiger partial charge in [-0.2, -0.15) is 0 Å². The summed E-state index contributed by atoms with van der Waals surface area (Å²) in [4.78, 5) is 30.3. The predicted molar refractivity (Wildman–Crippen MR) is 101 cm³/mol. The number of nitrogens with zero attached hydrogens (tertiary/aromatic N) is 2. The van der Waals surface area contributed by atoms with Gasteiger partial charge in [-0.15, -0.1) is 0 Å². The predicted octanol–water partition coefficient (Wildman–Crippen LogP) is 3.72. The normalized spacial score (nSPS) is 14.6. The van der Waals surface area contributed by atoms with Crippen molar-refractivity contribution in [3.05, 3.63) is 53.2 Å². The summed E-state index contributed by atoms with van der Waals surface area (Å²) in [6.07, 6.45) is 6.42. The van der Waals surface area contributed by atoms with Crippen LogP contribution in [0.1, 0.15) is 52.0 Å². The van der Waals surface area contributed by atoms with Crippen LogP contribution in [0.15, 0.2) is 36.5 Å². The number of carbonyl (C=O) groups excluding carboxylic acids is 1. The van der Waals surface area contributed by atoms with Gasteiger partial charge in [0.1, 0.15) is 5.82 Å². The molecule has 1 amide bonds. The lowest BCUT2D eigenvalue weighted by Crippen LogP contribution is -2.25. The first kappa shape index (κ1) is 17.9. The summed E-state index contributed by atoms with van der Waals surface area (Å²) < 4.78 is 0. The Hall–Kier alpha value is -2.89. The minimum absolute atomic E-state index is 0.178. The lowest BCUT2D eigenvalue weighted by molar-refractivity contribution is 0.0695. The highest BCUT2D eigenvalue weighted by Crippen LogP contribution is 2.19. The minimum atomic E-state index is -1.01. The van der Waals surface area contributed by atoms with Crippen molar-refractivity contribution in [2.75, 3.05) is 23.3 Å². The summed E-state index contributed by atoms with van der Waals surface area (Å²) in [6.45, 7) is 3.72. The number of carboxylic acids is 1. The van der Waals surface area contributed by atoms with E-state index >= 15 is 0 Å². The van der Waals surface area contributed by atoms with E-state index in [-0.39, 0.29) is 11.5 Å². The molecule has 1 aliphatic heterocycles. The second kappa shape index (κ2) is 7.99. The summed E-state index contributed by atoms with van der Waals surface area (Å²) in [6, 6.07) is 8.47. The molecule has 0 bridgehead atoms. The number of rotatable bonds is 4. The van der Waals surface area contributed by atoms with Gasteiger partial charge >= 0.3 is 5.97 Å². The molecule has 0 atom stereocenters. The first-order chi connectivity index (χ1) is 12.5. The molecule has 1 aromatic carbocycles. The third kappa shape index (κ3) is 4.20. The van der Waals surface area contributed by atoms with E-state index in [0.717, 1.165) is 18.9 Å². The zero-order chi connectivity index (χ0) is 18.5. The highest BCUT2D eigenvalue weighted by Gasteiger charge is 2.14. The number of carboxylic acid groups (broad SMARTS) is 1. The molecule has 0 aliphatic carbocycles. The molecule has 0 saturated carbocycles. The summed E-state index contributed by atoms with van der Waals surface area (Å²) in [5.74, 6) is -0.422. The molecule has 1 saturated heterocycles. The van der Waals surface area contributed by atoms with Crippen molar-refractivity contribution >= 4 is 23.4 Å². The van der Waals surface area contributed by atoms with E-state index in [0.29, 0.717) is 16.8 Å². The third-order valence-electron chi connectivity index (χ3n) is 4.67. The Bertz CT molecular complexity index is 794.